The second-order valence-corrected chi connectivity index (χ2v) is 10.3. The molecule has 0 amide bonds. The fraction of sp³-hybridized carbons (Fsp3) is 0.344. The second-order valence-electron chi connectivity index (χ2n) is 10.3. The normalized spacial score (nSPS) is 14.5. The molecule has 1 aromatic heterocycles. The van der Waals surface area contributed by atoms with Crippen molar-refractivity contribution in [2.24, 2.45) is 7.05 Å². The van der Waals surface area contributed by atoms with E-state index in [2.05, 4.69) is 108 Å². The summed E-state index contributed by atoms with van der Waals surface area (Å²) in [4.78, 5) is 0. The highest BCUT2D eigenvalue weighted by atomic mass is 14.9. The van der Waals surface area contributed by atoms with Crippen molar-refractivity contribution in [1.82, 2.24) is 0 Å². The molecule has 168 valence electrons. The predicted octanol–water partition coefficient (Wildman–Crippen LogP) is 8.16. The summed E-state index contributed by atoms with van der Waals surface area (Å²) >= 11 is 0. The molecule has 0 bridgehead atoms. The van der Waals surface area contributed by atoms with E-state index in [0.29, 0.717) is 12.0 Å². The number of hydrogen-bond donors (Lipinski definition) is 0. The van der Waals surface area contributed by atoms with E-state index >= 15 is 0 Å². The summed E-state index contributed by atoms with van der Waals surface area (Å²) < 4.78 is 11.2. The molecule has 1 aliphatic carbocycles. The van der Waals surface area contributed by atoms with Crippen molar-refractivity contribution in [3.8, 4) is 22.4 Å². The number of benzene rings is 3. The Kier molecular flexibility index (Phi) is 4.91. The fourth-order valence-electron chi connectivity index (χ4n) is 5.95. The van der Waals surface area contributed by atoms with Gasteiger partial charge in [-0.05, 0) is 76.6 Å². The van der Waals surface area contributed by atoms with Gasteiger partial charge in [-0.1, -0.05) is 70.2 Å². The highest BCUT2D eigenvalue weighted by Crippen LogP contribution is 2.50. The van der Waals surface area contributed by atoms with Crippen LogP contribution >= 0.6 is 0 Å². The Hall–Kier alpha value is -2.93. The largest absolute Gasteiger partial charge is 0.220 e. The van der Waals surface area contributed by atoms with E-state index in [-0.39, 0.29) is 5.41 Å². The second kappa shape index (κ2) is 7.83. The lowest BCUT2D eigenvalue weighted by Gasteiger charge is -2.22. The van der Waals surface area contributed by atoms with Gasteiger partial charge in [0.15, 0.2) is 5.69 Å². The van der Waals surface area contributed by atoms with E-state index < -0.39 is 0 Å². The summed E-state index contributed by atoms with van der Waals surface area (Å²) in [5, 5.41) is 2.24. The molecule has 0 aliphatic heterocycles. The van der Waals surface area contributed by atoms with Crippen LogP contribution < -0.4 is 4.57 Å². The maximum atomic E-state index is 8.95. The van der Waals surface area contributed by atoms with E-state index in [9.17, 15) is 0 Å². The molecule has 1 heterocycles. The number of pyridine rings is 1. The zero-order valence-corrected chi connectivity index (χ0v) is 21.1. The van der Waals surface area contributed by atoms with E-state index in [4.69, 9.17) is 1.37 Å². The molecule has 3 aromatic carbocycles. The van der Waals surface area contributed by atoms with Gasteiger partial charge in [0.1, 0.15) is 7.05 Å². The van der Waals surface area contributed by atoms with Gasteiger partial charge in [0, 0.05) is 18.4 Å². The zero-order valence-electron chi connectivity index (χ0n) is 22.1. The summed E-state index contributed by atoms with van der Waals surface area (Å²) in [6.07, 6.45) is 2.25. The first kappa shape index (κ1) is 20.7. The first-order chi connectivity index (χ1) is 16.2. The molecule has 1 aliphatic rings. The molecule has 0 fully saturated rings. The smallest absolute Gasteiger partial charge is 0.198 e. The van der Waals surface area contributed by atoms with Crippen LogP contribution in [0.25, 0.3) is 33.2 Å². The fourth-order valence-corrected chi connectivity index (χ4v) is 5.95. The molecular weight excluding hydrogens is 398 g/mol. The third kappa shape index (κ3) is 3.24. The van der Waals surface area contributed by atoms with Crippen LogP contribution in [0.4, 0.5) is 0 Å². The number of hydrogen-bond acceptors (Lipinski definition) is 0. The molecule has 0 unspecified atom stereocenters. The first-order valence-corrected chi connectivity index (χ1v) is 12.4. The molecule has 4 aromatic rings. The summed E-state index contributed by atoms with van der Waals surface area (Å²) in [6.45, 7) is 13.5. The van der Waals surface area contributed by atoms with Gasteiger partial charge in [-0.3, -0.25) is 0 Å². The minimum absolute atomic E-state index is 0.0319. The lowest BCUT2D eigenvalue weighted by Crippen LogP contribution is -2.35. The maximum Gasteiger partial charge on any atom is 0.220 e. The maximum absolute atomic E-state index is 8.95. The third-order valence-electron chi connectivity index (χ3n) is 8.09. The van der Waals surface area contributed by atoms with Crippen molar-refractivity contribution >= 4 is 10.8 Å². The SMILES string of the molecule is [2H]c1c(C)[n+](C)c(-c2cc3c(cc2C)-c2ccccc2C3(C)C)c2ccc(C(CC)CC)cc12. The third-order valence-corrected chi connectivity index (χ3v) is 8.09. The standard InChI is InChI=1S/C32H36N/c1-8-22(9-2)23-14-15-25-24(18-23)17-21(4)33(7)31(25)27-19-30-28(16-20(27)3)26-12-10-11-13-29(26)32(30,5)6/h10-19,22H,8-9H2,1-7H3/q+1/i17D. The van der Waals surface area contributed by atoms with Gasteiger partial charge in [0.2, 0.25) is 5.69 Å². The minimum Gasteiger partial charge on any atom is -0.198 e. The van der Waals surface area contributed by atoms with E-state index in [1.807, 2.05) is 0 Å². The van der Waals surface area contributed by atoms with Gasteiger partial charge in [-0.25, -0.2) is 0 Å². The van der Waals surface area contributed by atoms with Gasteiger partial charge < -0.3 is 0 Å². The number of rotatable bonds is 4. The summed E-state index contributed by atoms with van der Waals surface area (Å²) in [5.74, 6) is 0.544. The Bertz CT molecular complexity index is 1440. The quantitative estimate of drug-likeness (QED) is 0.285. The Morgan fingerprint density at radius 1 is 0.879 bits per heavy atom. The van der Waals surface area contributed by atoms with Crippen LogP contribution in [0.15, 0.2) is 60.6 Å². The average Bonchev–Trinajstić information content (AvgIpc) is 3.05. The molecule has 0 atom stereocenters. The van der Waals surface area contributed by atoms with Crippen molar-refractivity contribution in [3.05, 3.63) is 88.6 Å². The zero-order chi connectivity index (χ0) is 24.4. The number of nitrogens with zero attached hydrogens (tertiary/aromatic N) is 1. The van der Waals surface area contributed by atoms with Gasteiger partial charge in [0.25, 0.3) is 0 Å². The van der Waals surface area contributed by atoms with Crippen LogP contribution in [0.5, 0.6) is 0 Å². The van der Waals surface area contributed by atoms with E-state index in [1.54, 1.807) is 0 Å². The topological polar surface area (TPSA) is 3.88 Å². The van der Waals surface area contributed by atoms with Crippen molar-refractivity contribution in [1.29, 1.82) is 0 Å². The predicted molar refractivity (Wildman–Crippen MR) is 141 cm³/mol. The van der Waals surface area contributed by atoms with E-state index in [0.717, 1.165) is 23.9 Å². The summed E-state index contributed by atoms with van der Waals surface area (Å²) in [6, 6.07) is 21.1. The van der Waals surface area contributed by atoms with Crippen molar-refractivity contribution in [2.45, 2.75) is 65.7 Å². The minimum atomic E-state index is -0.0319. The summed E-state index contributed by atoms with van der Waals surface area (Å²) in [5.41, 5.74) is 11.6. The van der Waals surface area contributed by atoms with Crippen molar-refractivity contribution in [3.63, 3.8) is 0 Å². The lowest BCUT2D eigenvalue weighted by atomic mass is 9.81. The van der Waals surface area contributed by atoms with Crippen LogP contribution in [0, 0.1) is 13.8 Å². The first-order valence-electron chi connectivity index (χ1n) is 12.9. The lowest BCUT2D eigenvalue weighted by molar-refractivity contribution is -0.665. The van der Waals surface area contributed by atoms with Gasteiger partial charge in [-0.2, -0.15) is 4.57 Å². The molecule has 0 spiro atoms. The Labute approximate surface area is 200 Å². The Morgan fingerprint density at radius 2 is 1.61 bits per heavy atom. The van der Waals surface area contributed by atoms with Crippen molar-refractivity contribution < 1.29 is 5.94 Å². The van der Waals surface area contributed by atoms with E-state index in [1.165, 1.54) is 50.0 Å². The molecular formula is C32H36N+. The highest BCUT2D eigenvalue weighted by Gasteiger charge is 2.36. The molecule has 1 nitrogen and oxygen atoms in total. The van der Waals surface area contributed by atoms with Crippen LogP contribution in [0.1, 0.15) is 75.8 Å². The molecule has 0 saturated carbocycles. The molecule has 0 radical (unpaired) electrons. The van der Waals surface area contributed by atoms with Crippen molar-refractivity contribution in [2.75, 3.05) is 0 Å². The molecule has 1 heteroatoms. The molecule has 33 heavy (non-hydrogen) atoms. The average molecular weight is 436 g/mol. The molecule has 0 saturated heterocycles. The number of aryl methyl sites for hydroxylation is 1. The van der Waals surface area contributed by atoms with Gasteiger partial charge >= 0.3 is 0 Å². The van der Waals surface area contributed by atoms with Gasteiger partial charge in [0.05, 0.1) is 12.3 Å². The van der Waals surface area contributed by atoms with Crippen LogP contribution in [-0.4, -0.2) is 0 Å². The highest BCUT2D eigenvalue weighted by molar-refractivity contribution is 5.95. The number of aromatic nitrogens is 1. The van der Waals surface area contributed by atoms with Gasteiger partial charge in [-0.15, -0.1) is 0 Å². The summed E-state index contributed by atoms with van der Waals surface area (Å²) in [7, 11) is 2.11. The molecule has 5 rings (SSSR count). The Morgan fingerprint density at radius 3 is 2.33 bits per heavy atom. The molecule has 0 N–H and O–H groups in total. The van der Waals surface area contributed by atoms with Crippen LogP contribution in [-0.2, 0) is 12.5 Å². The number of fused-ring (bicyclic) bond motifs is 4. The Balaban J connectivity index is 1.80. The van der Waals surface area contributed by atoms with Crippen LogP contribution in [0.2, 0.25) is 0 Å². The monoisotopic (exact) mass is 435 g/mol. The van der Waals surface area contributed by atoms with Crippen LogP contribution in [0.3, 0.4) is 0 Å².